The maximum absolute atomic E-state index is 12.4. The zero-order valence-corrected chi connectivity index (χ0v) is 22.8. The normalized spacial score (nSPS) is 15.1. The number of hydrogen-bond donors (Lipinski definition) is 0. The number of ether oxygens (including phenoxy) is 1. The van der Waals surface area contributed by atoms with E-state index in [1.807, 2.05) is 37.3 Å². The van der Waals surface area contributed by atoms with Crippen LogP contribution in [0.1, 0.15) is 33.1 Å². The lowest BCUT2D eigenvalue weighted by Crippen LogP contribution is -2.46. The van der Waals surface area contributed by atoms with Crippen molar-refractivity contribution < 1.29 is 14.4 Å². The fourth-order valence-corrected chi connectivity index (χ4v) is 4.71. The summed E-state index contributed by atoms with van der Waals surface area (Å²) >= 11 is 12.5. The molecule has 1 fully saturated rings. The number of nitrogens with zero attached hydrogens (tertiary/aromatic N) is 3. The van der Waals surface area contributed by atoms with Gasteiger partial charge in [-0.2, -0.15) is 0 Å². The van der Waals surface area contributed by atoms with Crippen molar-refractivity contribution in [2.24, 2.45) is 5.92 Å². The number of rotatable bonds is 10. The molecule has 2 heterocycles. The first-order valence-electron chi connectivity index (χ1n) is 12.8. The lowest BCUT2D eigenvalue weighted by Gasteiger charge is -2.36. The van der Waals surface area contributed by atoms with E-state index in [-0.39, 0.29) is 11.5 Å². The third-order valence-corrected chi connectivity index (χ3v) is 7.61. The average Bonchev–Trinajstić information content (AvgIpc) is 2.91. The summed E-state index contributed by atoms with van der Waals surface area (Å²) < 4.78 is 7.02. The van der Waals surface area contributed by atoms with Crippen LogP contribution in [0.3, 0.4) is 0 Å². The van der Waals surface area contributed by atoms with Crippen molar-refractivity contribution in [3.63, 3.8) is 0 Å². The van der Waals surface area contributed by atoms with Gasteiger partial charge in [0, 0.05) is 43.7 Å². The molecular formula is C28H33Cl2N3O4. The van der Waals surface area contributed by atoms with Crippen LogP contribution in [-0.2, 0) is 4.79 Å². The molecule has 37 heavy (non-hydrogen) atoms. The number of carbonyl (C=O) groups is 1. The number of aromatic nitrogens is 1. The number of unbranched alkanes of at least 4 members (excludes halogenated alkanes) is 1. The fraction of sp³-hybridized carbons (Fsp3) is 0.429. The van der Waals surface area contributed by atoms with E-state index < -0.39 is 5.97 Å². The third kappa shape index (κ3) is 6.78. The molecule has 2 aromatic carbocycles. The number of fused-ring (bicyclic) bond motifs is 1. The molecule has 7 nitrogen and oxygen atoms in total. The Kier molecular flexibility index (Phi) is 9.35. The van der Waals surface area contributed by atoms with Crippen LogP contribution in [0.5, 0.6) is 5.75 Å². The number of pyridine rings is 1. The zero-order chi connectivity index (χ0) is 26.4. The molecule has 0 bridgehead atoms. The van der Waals surface area contributed by atoms with E-state index in [4.69, 9.17) is 32.8 Å². The van der Waals surface area contributed by atoms with Gasteiger partial charge in [0.2, 0.25) is 0 Å². The molecule has 0 saturated carbocycles. The first kappa shape index (κ1) is 27.3. The molecule has 1 aliphatic rings. The molecule has 3 aromatic rings. The molecule has 198 valence electrons. The van der Waals surface area contributed by atoms with E-state index in [9.17, 15) is 9.59 Å². The topological polar surface area (TPSA) is 64.0 Å². The minimum absolute atomic E-state index is 0.292. The SMILES string of the molecule is CCC(C)C(=O)On1c(=O)ccc2ccc(OCCCCN3CCN(c4cccc(Cl)c4Cl)CC3)cc21. The van der Waals surface area contributed by atoms with Gasteiger partial charge in [0.15, 0.2) is 0 Å². The first-order chi connectivity index (χ1) is 17.9. The van der Waals surface area contributed by atoms with E-state index in [1.165, 1.54) is 6.07 Å². The summed E-state index contributed by atoms with van der Waals surface area (Å²) in [5.41, 5.74) is 1.12. The average molecular weight is 546 g/mol. The lowest BCUT2D eigenvalue weighted by atomic mass is 10.1. The Hall–Kier alpha value is -2.74. The minimum atomic E-state index is -0.431. The van der Waals surface area contributed by atoms with Crippen LogP contribution >= 0.6 is 23.2 Å². The standard InChI is InChI=1S/C28H33Cl2N3O4/c1-3-20(2)28(35)37-33-25-19-22(11-9-21(25)10-12-26(33)34)36-18-5-4-13-31-14-16-32(17-15-31)24-8-6-7-23(29)27(24)30/h6-12,19-20H,3-5,13-18H2,1-2H3. The number of benzene rings is 2. The summed E-state index contributed by atoms with van der Waals surface area (Å²) in [5, 5.41) is 2.00. The fourth-order valence-electron chi connectivity index (χ4n) is 4.29. The third-order valence-electron chi connectivity index (χ3n) is 6.80. The van der Waals surface area contributed by atoms with Crippen LogP contribution in [0.25, 0.3) is 10.9 Å². The number of halogens is 2. The van der Waals surface area contributed by atoms with Gasteiger partial charge in [-0.25, -0.2) is 4.79 Å². The van der Waals surface area contributed by atoms with E-state index in [0.717, 1.165) is 61.4 Å². The summed E-state index contributed by atoms with van der Waals surface area (Å²) in [6, 6.07) is 14.4. The number of hydrogen-bond acceptors (Lipinski definition) is 6. The Labute approximate surface area is 227 Å². The van der Waals surface area contributed by atoms with Gasteiger partial charge in [-0.1, -0.05) is 43.1 Å². The summed E-state index contributed by atoms with van der Waals surface area (Å²) in [6.45, 7) is 9.02. The largest absolute Gasteiger partial charge is 0.494 e. The molecule has 0 amide bonds. The summed E-state index contributed by atoms with van der Waals surface area (Å²) in [4.78, 5) is 34.8. The van der Waals surface area contributed by atoms with E-state index in [0.29, 0.717) is 34.3 Å². The van der Waals surface area contributed by atoms with Gasteiger partial charge in [-0.15, -0.1) is 4.73 Å². The molecule has 1 saturated heterocycles. The van der Waals surface area contributed by atoms with Gasteiger partial charge < -0.3 is 14.5 Å². The van der Waals surface area contributed by atoms with Crippen LogP contribution in [0, 0.1) is 5.92 Å². The van der Waals surface area contributed by atoms with Crippen LogP contribution in [-0.4, -0.2) is 54.9 Å². The molecule has 1 aliphatic heterocycles. The van der Waals surface area contributed by atoms with Crippen molar-refractivity contribution in [1.82, 2.24) is 9.63 Å². The highest BCUT2D eigenvalue weighted by Crippen LogP contribution is 2.32. The van der Waals surface area contributed by atoms with Crippen molar-refractivity contribution in [2.45, 2.75) is 33.1 Å². The van der Waals surface area contributed by atoms with Crippen molar-refractivity contribution in [1.29, 1.82) is 0 Å². The van der Waals surface area contributed by atoms with Crippen LogP contribution in [0.2, 0.25) is 10.0 Å². The van der Waals surface area contributed by atoms with E-state index >= 15 is 0 Å². The van der Waals surface area contributed by atoms with Crippen LogP contribution in [0.15, 0.2) is 53.3 Å². The van der Waals surface area contributed by atoms with Gasteiger partial charge in [0.25, 0.3) is 5.56 Å². The maximum atomic E-state index is 12.4. The van der Waals surface area contributed by atoms with Crippen molar-refractivity contribution in [3.05, 3.63) is 68.9 Å². The minimum Gasteiger partial charge on any atom is -0.494 e. The van der Waals surface area contributed by atoms with Crippen LogP contribution < -0.4 is 20.0 Å². The monoisotopic (exact) mass is 545 g/mol. The van der Waals surface area contributed by atoms with Crippen molar-refractivity contribution in [2.75, 3.05) is 44.2 Å². The quantitative estimate of drug-likeness (QED) is 0.322. The number of carbonyl (C=O) groups excluding carboxylic acids is 1. The number of anilines is 1. The van der Waals surface area contributed by atoms with Gasteiger partial charge in [-0.3, -0.25) is 9.69 Å². The summed E-state index contributed by atoms with van der Waals surface area (Å²) in [7, 11) is 0. The second-order valence-electron chi connectivity index (χ2n) is 9.36. The Balaban J connectivity index is 1.25. The number of piperazine rings is 1. The van der Waals surface area contributed by atoms with Crippen LogP contribution in [0.4, 0.5) is 5.69 Å². The molecule has 0 N–H and O–H groups in total. The second-order valence-corrected chi connectivity index (χ2v) is 10.1. The maximum Gasteiger partial charge on any atom is 0.335 e. The molecule has 0 spiro atoms. The lowest BCUT2D eigenvalue weighted by molar-refractivity contribution is -0.148. The second kappa shape index (κ2) is 12.7. The Morgan fingerprint density at radius 3 is 2.54 bits per heavy atom. The van der Waals surface area contributed by atoms with Crippen molar-refractivity contribution >= 4 is 45.8 Å². The Morgan fingerprint density at radius 2 is 1.78 bits per heavy atom. The zero-order valence-electron chi connectivity index (χ0n) is 21.3. The highest BCUT2D eigenvalue weighted by molar-refractivity contribution is 6.43. The van der Waals surface area contributed by atoms with Crippen molar-refractivity contribution in [3.8, 4) is 5.75 Å². The highest BCUT2D eigenvalue weighted by atomic mass is 35.5. The summed E-state index contributed by atoms with van der Waals surface area (Å²) in [6.07, 6.45) is 2.56. The predicted molar refractivity (Wildman–Crippen MR) is 149 cm³/mol. The first-order valence-corrected chi connectivity index (χ1v) is 13.5. The molecule has 1 atom stereocenters. The Morgan fingerprint density at radius 1 is 1.03 bits per heavy atom. The van der Waals surface area contributed by atoms with E-state index in [2.05, 4.69) is 9.80 Å². The van der Waals surface area contributed by atoms with Gasteiger partial charge in [0.05, 0.1) is 33.8 Å². The molecule has 1 aromatic heterocycles. The smallest absolute Gasteiger partial charge is 0.335 e. The Bertz CT molecular complexity index is 1290. The summed E-state index contributed by atoms with van der Waals surface area (Å²) in [5.74, 6) is -0.0856. The molecule has 4 rings (SSSR count). The highest BCUT2D eigenvalue weighted by Gasteiger charge is 2.19. The van der Waals surface area contributed by atoms with E-state index in [1.54, 1.807) is 19.1 Å². The predicted octanol–water partition coefficient (Wildman–Crippen LogP) is 5.29. The molecule has 0 aliphatic carbocycles. The van der Waals surface area contributed by atoms with Gasteiger partial charge in [-0.05, 0) is 56.1 Å². The molecule has 9 heteroatoms. The molecular weight excluding hydrogens is 513 g/mol. The molecule has 0 radical (unpaired) electrons. The van der Waals surface area contributed by atoms with Gasteiger partial charge in [0.1, 0.15) is 5.75 Å². The van der Waals surface area contributed by atoms with Gasteiger partial charge >= 0.3 is 5.97 Å². The molecule has 1 unspecified atom stereocenters.